The van der Waals surface area contributed by atoms with Crippen LogP contribution in [-0.4, -0.2) is 11.1 Å². The Morgan fingerprint density at radius 3 is 2.87 bits per heavy atom. The number of aryl methyl sites for hydroxylation is 1. The lowest BCUT2D eigenvalue weighted by Gasteiger charge is -2.10. The Bertz CT molecular complexity index is 372. The van der Waals surface area contributed by atoms with Crippen molar-refractivity contribution in [3.05, 3.63) is 47.0 Å². The summed E-state index contributed by atoms with van der Waals surface area (Å²) in [6.07, 6.45) is 2.07. The number of carbonyl (C=O) groups is 1. The van der Waals surface area contributed by atoms with Crippen LogP contribution in [0.5, 0.6) is 0 Å². The van der Waals surface area contributed by atoms with E-state index in [2.05, 4.69) is 0 Å². The highest BCUT2D eigenvalue weighted by Crippen LogP contribution is 2.21. The van der Waals surface area contributed by atoms with Crippen molar-refractivity contribution in [3.63, 3.8) is 0 Å². The van der Waals surface area contributed by atoms with E-state index in [0.717, 1.165) is 11.1 Å². The summed E-state index contributed by atoms with van der Waals surface area (Å²) in [6, 6.07) is 7.53. The summed E-state index contributed by atoms with van der Waals surface area (Å²) in [6.45, 7) is 1.94. The van der Waals surface area contributed by atoms with Crippen molar-refractivity contribution < 1.29 is 9.90 Å². The Morgan fingerprint density at radius 2 is 2.33 bits per heavy atom. The smallest absolute Gasteiger partial charge is 0.311 e. The molecule has 0 radical (unpaired) electrons. The summed E-state index contributed by atoms with van der Waals surface area (Å²) in [5.41, 5.74) is 3.23. The highest BCUT2D eigenvalue weighted by atomic mass is 35.5. The molecule has 3 heteroatoms. The van der Waals surface area contributed by atoms with Gasteiger partial charge in [-0.3, -0.25) is 4.79 Å². The van der Waals surface area contributed by atoms with Crippen molar-refractivity contribution in [1.29, 1.82) is 0 Å². The van der Waals surface area contributed by atoms with Gasteiger partial charge in [0.05, 0.1) is 5.92 Å². The van der Waals surface area contributed by atoms with Crippen LogP contribution in [-0.2, 0) is 4.79 Å². The first-order chi connectivity index (χ1) is 7.15. The molecule has 0 aliphatic carbocycles. The molecule has 0 amide bonds. The Balaban J connectivity index is 2.93. The first kappa shape index (κ1) is 11.8. The number of aliphatic carboxylic acids is 1. The molecule has 0 aliphatic heterocycles. The second kappa shape index (κ2) is 5.56. The fraction of sp³-hybridized carbons (Fsp3) is 0.250. The average molecular weight is 225 g/mol. The minimum absolute atomic E-state index is 0.419. The predicted octanol–water partition coefficient (Wildman–Crippen LogP) is 3.31. The van der Waals surface area contributed by atoms with E-state index in [-0.39, 0.29) is 0 Å². The molecule has 0 saturated carbocycles. The van der Waals surface area contributed by atoms with Gasteiger partial charge in [0.2, 0.25) is 0 Å². The van der Waals surface area contributed by atoms with Gasteiger partial charge in [-0.05, 0) is 18.9 Å². The monoisotopic (exact) mass is 224 g/mol. The lowest BCUT2D eigenvalue weighted by atomic mass is 9.95. The minimum Gasteiger partial charge on any atom is -0.481 e. The number of benzene rings is 1. The predicted molar refractivity (Wildman–Crippen MR) is 61.2 cm³/mol. The maximum Gasteiger partial charge on any atom is 0.311 e. The molecule has 0 heterocycles. The highest BCUT2D eigenvalue weighted by Gasteiger charge is 2.17. The van der Waals surface area contributed by atoms with Gasteiger partial charge in [-0.25, -0.2) is 0 Å². The molecular formula is C12H13ClO2. The fourth-order valence-electron chi connectivity index (χ4n) is 1.45. The number of rotatable bonds is 4. The van der Waals surface area contributed by atoms with E-state index in [4.69, 9.17) is 16.7 Å². The van der Waals surface area contributed by atoms with Gasteiger partial charge in [0.15, 0.2) is 0 Å². The van der Waals surface area contributed by atoms with Crippen LogP contribution >= 0.6 is 11.6 Å². The molecule has 1 N–H and O–H groups in total. The number of halogens is 1. The molecule has 2 nitrogen and oxygen atoms in total. The zero-order valence-corrected chi connectivity index (χ0v) is 9.24. The van der Waals surface area contributed by atoms with E-state index in [1.807, 2.05) is 31.2 Å². The first-order valence-electron chi connectivity index (χ1n) is 4.69. The summed E-state index contributed by atoms with van der Waals surface area (Å²) in [5.74, 6) is -1.34. The summed E-state index contributed by atoms with van der Waals surface area (Å²) in [4.78, 5) is 11.0. The summed E-state index contributed by atoms with van der Waals surface area (Å²) in [7, 11) is 0. The van der Waals surface area contributed by atoms with Gasteiger partial charge in [-0.1, -0.05) is 47.5 Å². The lowest BCUT2D eigenvalue weighted by molar-refractivity contribution is -0.138. The fourth-order valence-corrected chi connectivity index (χ4v) is 1.56. The van der Waals surface area contributed by atoms with E-state index >= 15 is 0 Å². The van der Waals surface area contributed by atoms with Gasteiger partial charge in [0.25, 0.3) is 0 Å². The van der Waals surface area contributed by atoms with Crippen molar-refractivity contribution in [1.82, 2.24) is 0 Å². The minimum atomic E-state index is -0.824. The van der Waals surface area contributed by atoms with Crippen molar-refractivity contribution in [3.8, 4) is 0 Å². The second-order valence-corrected chi connectivity index (χ2v) is 3.65. The number of allylic oxidation sites excluding steroid dienone is 1. The zero-order chi connectivity index (χ0) is 11.3. The molecule has 0 aromatic heterocycles. The molecule has 0 saturated heterocycles. The van der Waals surface area contributed by atoms with E-state index < -0.39 is 11.9 Å². The van der Waals surface area contributed by atoms with Gasteiger partial charge < -0.3 is 5.11 Å². The molecule has 0 spiro atoms. The highest BCUT2D eigenvalue weighted by molar-refractivity contribution is 6.25. The maximum absolute atomic E-state index is 11.0. The topological polar surface area (TPSA) is 37.3 Å². The first-order valence-corrected chi connectivity index (χ1v) is 5.13. The van der Waals surface area contributed by atoms with Gasteiger partial charge in [-0.2, -0.15) is 0 Å². The Hall–Kier alpha value is -1.28. The van der Waals surface area contributed by atoms with E-state index in [1.165, 1.54) is 5.54 Å². The molecule has 80 valence electrons. The SMILES string of the molecule is Cc1cccc(C(C/C=C/Cl)C(=O)O)c1. The van der Waals surface area contributed by atoms with Crippen LogP contribution < -0.4 is 0 Å². The van der Waals surface area contributed by atoms with Crippen LogP contribution in [0.2, 0.25) is 0 Å². The molecule has 0 fully saturated rings. The third-order valence-electron chi connectivity index (χ3n) is 2.20. The van der Waals surface area contributed by atoms with Crippen molar-refractivity contribution >= 4 is 17.6 Å². The summed E-state index contributed by atoms with van der Waals surface area (Å²) in [5, 5.41) is 9.07. The third kappa shape index (κ3) is 3.40. The van der Waals surface area contributed by atoms with Gasteiger partial charge in [-0.15, -0.1) is 0 Å². The van der Waals surface area contributed by atoms with Crippen LogP contribution in [0.15, 0.2) is 35.9 Å². The molecule has 1 rings (SSSR count). The van der Waals surface area contributed by atoms with Crippen LogP contribution in [0.25, 0.3) is 0 Å². The zero-order valence-electron chi connectivity index (χ0n) is 8.48. The van der Waals surface area contributed by atoms with Crippen LogP contribution in [0, 0.1) is 6.92 Å². The molecule has 0 aliphatic rings. The molecule has 1 unspecified atom stereocenters. The van der Waals surface area contributed by atoms with Crippen LogP contribution in [0.1, 0.15) is 23.5 Å². The standard InChI is InChI=1S/C12H13ClO2/c1-9-4-2-5-10(8-9)11(12(14)15)6-3-7-13/h2-5,7-8,11H,6H2,1H3,(H,14,15)/b7-3+. The van der Waals surface area contributed by atoms with Crippen molar-refractivity contribution in [2.45, 2.75) is 19.3 Å². The van der Waals surface area contributed by atoms with E-state index in [0.29, 0.717) is 6.42 Å². The number of hydrogen-bond donors (Lipinski definition) is 1. The number of carboxylic acids is 1. The van der Waals surface area contributed by atoms with Crippen LogP contribution in [0.3, 0.4) is 0 Å². The molecule has 15 heavy (non-hydrogen) atoms. The van der Waals surface area contributed by atoms with Gasteiger partial charge >= 0.3 is 5.97 Å². The van der Waals surface area contributed by atoms with Crippen molar-refractivity contribution in [2.24, 2.45) is 0 Å². The van der Waals surface area contributed by atoms with Gasteiger partial charge in [0, 0.05) is 5.54 Å². The average Bonchev–Trinajstić information content (AvgIpc) is 2.18. The molecular weight excluding hydrogens is 212 g/mol. The Kier molecular flexibility index (Phi) is 4.37. The van der Waals surface area contributed by atoms with Crippen LogP contribution in [0.4, 0.5) is 0 Å². The normalized spacial score (nSPS) is 12.9. The lowest BCUT2D eigenvalue weighted by Crippen LogP contribution is -2.10. The Labute approximate surface area is 94.2 Å². The summed E-state index contributed by atoms with van der Waals surface area (Å²) >= 11 is 5.40. The quantitative estimate of drug-likeness (QED) is 0.852. The largest absolute Gasteiger partial charge is 0.481 e. The number of carboxylic acid groups (broad SMARTS) is 1. The third-order valence-corrected chi connectivity index (χ3v) is 2.38. The summed E-state index contributed by atoms with van der Waals surface area (Å²) < 4.78 is 0. The van der Waals surface area contributed by atoms with Gasteiger partial charge in [0.1, 0.15) is 0 Å². The molecule has 1 aromatic rings. The molecule has 0 bridgehead atoms. The second-order valence-electron chi connectivity index (χ2n) is 3.40. The molecule has 1 atom stereocenters. The maximum atomic E-state index is 11.0. The van der Waals surface area contributed by atoms with E-state index in [9.17, 15) is 4.79 Å². The van der Waals surface area contributed by atoms with E-state index in [1.54, 1.807) is 6.08 Å². The van der Waals surface area contributed by atoms with Crippen molar-refractivity contribution in [2.75, 3.05) is 0 Å². The number of hydrogen-bond acceptors (Lipinski definition) is 1. The molecule has 1 aromatic carbocycles. The Morgan fingerprint density at radius 1 is 1.60 bits per heavy atom.